The fraction of sp³-hybridized carbons (Fsp3) is 0.333. The van der Waals surface area contributed by atoms with Crippen LogP contribution in [0.15, 0.2) is 33.9 Å². The van der Waals surface area contributed by atoms with Crippen molar-refractivity contribution in [1.29, 1.82) is 0 Å². The number of hydrogen-bond acceptors (Lipinski definition) is 6. The number of nitrogens with zero attached hydrogens (tertiary/aromatic N) is 2. The van der Waals surface area contributed by atoms with Crippen molar-refractivity contribution in [3.63, 3.8) is 0 Å². The second-order valence-corrected chi connectivity index (χ2v) is 4.55. The van der Waals surface area contributed by atoms with Gasteiger partial charge in [-0.1, -0.05) is 11.8 Å². The van der Waals surface area contributed by atoms with E-state index in [2.05, 4.69) is 15.3 Å². The Morgan fingerprint density at radius 3 is 3.00 bits per heavy atom. The minimum Gasteiger partial charge on any atom is -0.468 e. The van der Waals surface area contributed by atoms with Gasteiger partial charge in [-0.15, -0.1) is 0 Å². The van der Waals surface area contributed by atoms with Crippen molar-refractivity contribution in [3.05, 3.63) is 36.0 Å². The first-order valence-electron chi connectivity index (χ1n) is 5.51. The van der Waals surface area contributed by atoms with Crippen molar-refractivity contribution in [2.24, 2.45) is 0 Å². The minimum atomic E-state index is 0.407. The highest BCUT2D eigenvalue weighted by Gasteiger charge is 2.05. The number of anilines is 1. The SMILES string of the molecule is CNc1cc(SCc2ccco2)nc(COC)n1. The van der Waals surface area contributed by atoms with Gasteiger partial charge in [0, 0.05) is 20.2 Å². The molecule has 5 nitrogen and oxygen atoms in total. The Morgan fingerprint density at radius 2 is 2.33 bits per heavy atom. The van der Waals surface area contributed by atoms with Gasteiger partial charge in [-0.05, 0) is 12.1 Å². The average Bonchev–Trinajstić information content (AvgIpc) is 2.89. The molecule has 96 valence electrons. The number of rotatable bonds is 6. The smallest absolute Gasteiger partial charge is 0.157 e. The van der Waals surface area contributed by atoms with Gasteiger partial charge in [-0.3, -0.25) is 0 Å². The second-order valence-electron chi connectivity index (χ2n) is 3.56. The van der Waals surface area contributed by atoms with Crippen molar-refractivity contribution in [3.8, 4) is 0 Å². The molecule has 2 rings (SSSR count). The first-order valence-corrected chi connectivity index (χ1v) is 6.50. The van der Waals surface area contributed by atoms with Crippen molar-refractivity contribution < 1.29 is 9.15 Å². The molecule has 0 atom stereocenters. The summed E-state index contributed by atoms with van der Waals surface area (Å²) < 4.78 is 10.3. The third-order valence-electron chi connectivity index (χ3n) is 2.22. The molecule has 0 aliphatic heterocycles. The number of hydrogen-bond donors (Lipinski definition) is 1. The summed E-state index contributed by atoms with van der Waals surface area (Å²) in [6.07, 6.45) is 1.67. The lowest BCUT2D eigenvalue weighted by Crippen LogP contribution is -2.02. The van der Waals surface area contributed by atoms with Gasteiger partial charge in [0.05, 0.1) is 12.0 Å². The van der Waals surface area contributed by atoms with Crippen molar-refractivity contribution in [2.75, 3.05) is 19.5 Å². The minimum absolute atomic E-state index is 0.407. The monoisotopic (exact) mass is 265 g/mol. The molecular formula is C12H15N3O2S. The van der Waals surface area contributed by atoms with Gasteiger partial charge in [0.1, 0.15) is 23.2 Å². The van der Waals surface area contributed by atoms with Crippen molar-refractivity contribution in [2.45, 2.75) is 17.4 Å². The zero-order valence-corrected chi connectivity index (χ0v) is 11.2. The molecule has 6 heteroatoms. The molecule has 2 aromatic rings. The van der Waals surface area contributed by atoms with Gasteiger partial charge in [0.25, 0.3) is 0 Å². The summed E-state index contributed by atoms with van der Waals surface area (Å²) >= 11 is 1.61. The van der Waals surface area contributed by atoms with Crippen LogP contribution in [0.25, 0.3) is 0 Å². The van der Waals surface area contributed by atoms with Crippen LogP contribution in [0, 0.1) is 0 Å². The maximum absolute atomic E-state index is 5.28. The highest BCUT2D eigenvalue weighted by molar-refractivity contribution is 7.98. The van der Waals surface area contributed by atoms with Gasteiger partial charge in [-0.2, -0.15) is 0 Å². The van der Waals surface area contributed by atoms with E-state index in [0.717, 1.165) is 22.4 Å². The third kappa shape index (κ3) is 3.48. The summed E-state index contributed by atoms with van der Waals surface area (Å²) in [5.74, 6) is 3.14. The lowest BCUT2D eigenvalue weighted by Gasteiger charge is -2.06. The van der Waals surface area contributed by atoms with Crippen LogP contribution in [0.4, 0.5) is 5.82 Å². The second kappa shape index (κ2) is 6.42. The molecule has 0 saturated heterocycles. The molecule has 0 saturated carbocycles. The summed E-state index contributed by atoms with van der Waals surface area (Å²) in [6, 6.07) is 5.74. The first kappa shape index (κ1) is 12.9. The number of aromatic nitrogens is 2. The van der Waals surface area contributed by atoms with Crippen molar-refractivity contribution >= 4 is 17.6 Å². The molecule has 18 heavy (non-hydrogen) atoms. The van der Waals surface area contributed by atoms with Crippen LogP contribution in [0.5, 0.6) is 0 Å². The van der Waals surface area contributed by atoms with E-state index < -0.39 is 0 Å². The summed E-state index contributed by atoms with van der Waals surface area (Å²) in [5.41, 5.74) is 0. The van der Waals surface area contributed by atoms with Gasteiger partial charge in [0.2, 0.25) is 0 Å². The molecule has 0 fully saturated rings. The standard InChI is InChI=1S/C12H15N3O2S/c1-13-10-6-12(15-11(14-10)7-16-2)18-8-9-4-3-5-17-9/h3-6H,7-8H2,1-2H3,(H,13,14,15). The Balaban J connectivity index is 2.08. The van der Waals surface area contributed by atoms with Gasteiger partial charge in [-0.25, -0.2) is 9.97 Å². The molecule has 2 heterocycles. The topological polar surface area (TPSA) is 60.2 Å². The predicted molar refractivity (Wildman–Crippen MR) is 70.6 cm³/mol. The Bertz CT molecular complexity index is 488. The van der Waals surface area contributed by atoms with Crippen LogP contribution >= 0.6 is 11.8 Å². The van der Waals surface area contributed by atoms with Crippen LogP contribution in [-0.4, -0.2) is 24.1 Å². The van der Waals surface area contributed by atoms with E-state index in [1.54, 1.807) is 25.1 Å². The molecule has 0 aliphatic carbocycles. The molecule has 0 bridgehead atoms. The van der Waals surface area contributed by atoms with Gasteiger partial charge < -0.3 is 14.5 Å². The van der Waals surface area contributed by atoms with E-state index in [0.29, 0.717) is 12.4 Å². The zero-order valence-electron chi connectivity index (χ0n) is 10.3. The fourth-order valence-corrected chi connectivity index (χ4v) is 2.23. The van der Waals surface area contributed by atoms with Gasteiger partial charge in [0.15, 0.2) is 5.82 Å². The Kier molecular flexibility index (Phi) is 4.60. The highest BCUT2D eigenvalue weighted by atomic mass is 32.2. The molecule has 0 aliphatic rings. The quantitative estimate of drug-likeness (QED) is 0.640. The molecule has 0 aromatic carbocycles. The van der Waals surface area contributed by atoms with E-state index in [-0.39, 0.29) is 0 Å². The molecule has 0 spiro atoms. The summed E-state index contributed by atoms with van der Waals surface area (Å²) in [5, 5.41) is 3.92. The Hall–Kier alpha value is -1.53. The van der Waals surface area contributed by atoms with Crippen molar-refractivity contribution in [1.82, 2.24) is 9.97 Å². The van der Waals surface area contributed by atoms with E-state index in [9.17, 15) is 0 Å². The Morgan fingerprint density at radius 1 is 1.44 bits per heavy atom. The maximum atomic E-state index is 5.28. The van der Waals surface area contributed by atoms with Crippen LogP contribution < -0.4 is 5.32 Å². The molecular weight excluding hydrogens is 250 g/mol. The molecule has 2 aromatic heterocycles. The molecule has 0 unspecified atom stereocenters. The number of furan rings is 1. The summed E-state index contributed by atoms with van der Waals surface area (Å²) in [4.78, 5) is 8.72. The van der Waals surface area contributed by atoms with Crippen LogP contribution in [0.2, 0.25) is 0 Å². The number of methoxy groups -OCH3 is 1. The van der Waals surface area contributed by atoms with Gasteiger partial charge >= 0.3 is 0 Å². The third-order valence-corrected chi connectivity index (χ3v) is 3.15. The lowest BCUT2D eigenvalue weighted by atomic mass is 10.5. The fourth-order valence-electron chi connectivity index (χ4n) is 1.41. The highest BCUT2D eigenvalue weighted by Crippen LogP contribution is 2.23. The maximum Gasteiger partial charge on any atom is 0.157 e. The molecule has 1 N–H and O–H groups in total. The van der Waals surface area contributed by atoms with Crippen LogP contribution in [0.1, 0.15) is 11.6 Å². The lowest BCUT2D eigenvalue weighted by molar-refractivity contribution is 0.177. The van der Waals surface area contributed by atoms with E-state index in [1.165, 1.54) is 0 Å². The molecule has 0 amide bonds. The van der Waals surface area contributed by atoms with Crippen LogP contribution in [0.3, 0.4) is 0 Å². The zero-order chi connectivity index (χ0) is 12.8. The van der Waals surface area contributed by atoms with E-state index in [1.807, 2.05) is 25.2 Å². The number of ether oxygens (including phenoxy) is 1. The average molecular weight is 265 g/mol. The number of nitrogens with one attached hydrogen (secondary N) is 1. The van der Waals surface area contributed by atoms with E-state index >= 15 is 0 Å². The number of thioether (sulfide) groups is 1. The van der Waals surface area contributed by atoms with Crippen LogP contribution in [-0.2, 0) is 17.1 Å². The largest absolute Gasteiger partial charge is 0.468 e. The normalized spacial score (nSPS) is 10.6. The summed E-state index contributed by atoms with van der Waals surface area (Å²) in [7, 11) is 3.46. The first-order chi connectivity index (χ1) is 8.81. The predicted octanol–water partition coefficient (Wildman–Crippen LogP) is 2.55. The summed E-state index contributed by atoms with van der Waals surface area (Å²) in [6.45, 7) is 0.407. The Labute approximate surface area is 110 Å². The van der Waals surface area contributed by atoms with E-state index in [4.69, 9.17) is 9.15 Å². The molecule has 0 radical (unpaired) electrons.